The summed E-state index contributed by atoms with van der Waals surface area (Å²) in [5.74, 6) is 0. The number of carbonyl (C=O) groups excluding carboxylic acids is 1. The number of rotatable bonds is 5. The molecule has 1 atom stereocenters. The Morgan fingerprint density at radius 3 is 2.32 bits per heavy atom. The first-order valence-corrected chi connectivity index (χ1v) is 8.20. The van der Waals surface area contributed by atoms with E-state index in [9.17, 15) is 23.1 Å². The van der Waals surface area contributed by atoms with Crippen molar-refractivity contribution in [2.45, 2.75) is 71.3 Å². The molecular weight excluding hydrogens is 335 g/mol. The first-order chi connectivity index (χ1) is 11.3. The van der Waals surface area contributed by atoms with Gasteiger partial charge in [-0.15, -0.1) is 0 Å². The van der Waals surface area contributed by atoms with E-state index in [1.165, 1.54) is 12.1 Å². The quantitative estimate of drug-likeness (QED) is 0.750. The van der Waals surface area contributed by atoms with E-state index in [2.05, 4.69) is 5.32 Å². The van der Waals surface area contributed by atoms with Gasteiger partial charge in [0.2, 0.25) is 0 Å². The predicted molar refractivity (Wildman–Crippen MR) is 90.5 cm³/mol. The summed E-state index contributed by atoms with van der Waals surface area (Å²) in [6.45, 7) is 8.31. The number of alkyl halides is 3. The van der Waals surface area contributed by atoms with Gasteiger partial charge in [0.25, 0.3) is 0 Å². The lowest BCUT2D eigenvalue weighted by Crippen LogP contribution is -2.43. The molecule has 0 aliphatic heterocycles. The standard InChI is InChI=1S/C18H26F3NO3/c1-6-7-10-17(24,18(19,20)21)13-11-12(2)8-9-14(13)22-15(23)25-16(3,4)5/h8-9,11,24H,6-7,10H2,1-5H3,(H,22,23). The molecule has 1 aromatic carbocycles. The van der Waals surface area contributed by atoms with Crippen LogP contribution in [-0.4, -0.2) is 23.0 Å². The van der Waals surface area contributed by atoms with E-state index in [1.807, 2.05) is 0 Å². The molecule has 25 heavy (non-hydrogen) atoms. The number of nitrogens with one attached hydrogen (secondary N) is 1. The minimum atomic E-state index is -4.87. The summed E-state index contributed by atoms with van der Waals surface area (Å²) in [5.41, 5.74) is -3.78. The van der Waals surface area contributed by atoms with Gasteiger partial charge in [0.15, 0.2) is 5.60 Å². The number of hydrogen-bond acceptors (Lipinski definition) is 3. The number of carbonyl (C=O) groups is 1. The molecule has 1 amide bonds. The Morgan fingerprint density at radius 2 is 1.84 bits per heavy atom. The number of anilines is 1. The van der Waals surface area contributed by atoms with Crippen LogP contribution < -0.4 is 5.32 Å². The number of halogens is 3. The third-order valence-corrected chi connectivity index (χ3v) is 3.62. The molecule has 7 heteroatoms. The molecule has 0 saturated carbocycles. The molecule has 0 saturated heterocycles. The van der Waals surface area contributed by atoms with Crippen LogP contribution in [0.25, 0.3) is 0 Å². The average molecular weight is 361 g/mol. The number of ether oxygens (including phenoxy) is 1. The third kappa shape index (κ3) is 5.63. The summed E-state index contributed by atoms with van der Waals surface area (Å²) in [6, 6.07) is 4.15. The summed E-state index contributed by atoms with van der Waals surface area (Å²) >= 11 is 0. The molecule has 0 aromatic heterocycles. The molecule has 142 valence electrons. The number of hydrogen-bond donors (Lipinski definition) is 2. The zero-order chi connectivity index (χ0) is 19.5. The van der Waals surface area contributed by atoms with Gasteiger partial charge in [-0.3, -0.25) is 5.32 Å². The Hall–Kier alpha value is -1.76. The van der Waals surface area contributed by atoms with Crippen LogP contribution in [0.5, 0.6) is 0 Å². The number of benzene rings is 1. The molecular formula is C18H26F3NO3. The smallest absolute Gasteiger partial charge is 0.421 e. The van der Waals surface area contributed by atoms with Crippen LogP contribution in [-0.2, 0) is 10.3 Å². The van der Waals surface area contributed by atoms with Gasteiger partial charge in [0.05, 0.1) is 5.69 Å². The van der Waals surface area contributed by atoms with Crippen LogP contribution in [0.2, 0.25) is 0 Å². The lowest BCUT2D eigenvalue weighted by molar-refractivity contribution is -0.269. The highest BCUT2D eigenvalue weighted by Gasteiger charge is 2.55. The van der Waals surface area contributed by atoms with E-state index in [0.29, 0.717) is 12.0 Å². The predicted octanol–water partition coefficient (Wildman–Crippen LogP) is 5.28. The van der Waals surface area contributed by atoms with Crippen LogP contribution >= 0.6 is 0 Å². The molecule has 0 fully saturated rings. The number of aliphatic hydroxyl groups is 1. The monoisotopic (exact) mass is 361 g/mol. The Kier molecular flexibility index (Phi) is 6.50. The average Bonchev–Trinajstić information content (AvgIpc) is 2.43. The van der Waals surface area contributed by atoms with Crippen LogP contribution in [0, 0.1) is 6.92 Å². The fourth-order valence-corrected chi connectivity index (χ4v) is 2.38. The van der Waals surface area contributed by atoms with Gasteiger partial charge in [-0.2, -0.15) is 13.2 Å². The maximum absolute atomic E-state index is 13.6. The molecule has 4 nitrogen and oxygen atoms in total. The zero-order valence-corrected chi connectivity index (χ0v) is 15.3. The van der Waals surface area contributed by atoms with E-state index in [0.717, 1.165) is 0 Å². The Bertz CT molecular complexity index is 609. The van der Waals surface area contributed by atoms with Crippen LogP contribution in [0.1, 0.15) is 58.1 Å². The van der Waals surface area contributed by atoms with Gasteiger partial charge in [-0.1, -0.05) is 37.5 Å². The third-order valence-electron chi connectivity index (χ3n) is 3.62. The van der Waals surface area contributed by atoms with Gasteiger partial charge in [0.1, 0.15) is 5.60 Å². The number of unbranched alkanes of at least 4 members (excludes halogenated alkanes) is 1. The SMILES string of the molecule is CCCCC(O)(c1cc(C)ccc1NC(=O)OC(C)(C)C)C(F)(F)F. The summed E-state index contributed by atoms with van der Waals surface area (Å²) in [5, 5.41) is 12.8. The van der Waals surface area contributed by atoms with E-state index in [1.54, 1.807) is 40.7 Å². The van der Waals surface area contributed by atoms with Crippen LogP contribution in [0.15, 0.2) is 18.2 Å². The zero-order valence-electron chi connectivity index (χ0n) is 15.3. The van der Waals surface area contributed by atoms with Gasteiger partial charge < -0.3 is 9.84 Å². The van der Waals surface area contributed by atoms with E-state index < -0.39 is 29.9 Å². The summed E-state index contributed by atoms with van der Waals surface area (Å²) < 4.78 is 46.0. The Morgan fingerprint density at radius 1 is 1.24 bits per heavy atom. The summed E-state index contributed by atoms with van der Waals surface area (Å²) in [7, 11) is 0. The van der Waals surface area contributed by atoms with Crippen LogP contribution in [0.3, 0.4) is 0 Å². The Balaban J connectivity index is 3.32. The van der Waals surface area contributed by atoms with Crippen LogP contribution in [0.4, 0.5) is 23.7 Å². The van der Waals surface area contributed by atoms with E-state index in [-0.39, 0.29) is 17.7 Å². The van der Waals surface area contributed by atoms with Crippen molar-refractivity contribution in [1.29, 1.82) is 0 Å². The molecule has 1 unspecified atom stereocenters. The van der Waals surface area contributed by atoms with E-state index >= 15 is 0 Å². The lowest BCUT2D eigenvalue weighted by Gasteiger charge is -2.33. The lowest BCUT2D eigenvalue weighted by atomic mass is 9.85. The van der Waals surface area contributed by atoms with Gasteiger partial charge in [-0.25, -0.2) is 4.79 Å². The van der Waals surface area contributed by atoms with Crippen molar-refractivity contribution in [2.75, 3.05) is 5.32 Å². The second kappa shape index (κ2) is 7.64. The van der Waals surface area contributed by atoms with Crippen molar-refractivity contribution in [2.24, 2.45) is 0 Å². The maximum atomic E-state index is 13.6. The molecule has 0 aliphatic carbocycles. The summed E-state index contributed by atoms with van der Waals surface area (Å²) in [4.78, 5) is 12.0. The highest BCUT2D eigenvalue weighted by atomic mass is 19.4. The van der Waals surface area contributed by atoms with Gasteiger partial charge >= 0.3 is 12.3 Å². The first kappa shape index (κ1) is 21.3. The maximum Gasteiger partial charge on any atom is 0.421 e. The minimum absolute atomic E-state index is 0.115. The fourth-order valence-electron chi connectivity index (χ4n) is 2.38. The van der Waals surface area contributed by atoms with Crippen molar-refractivity contribution in [1.82, 2.24) is 0 Å². The molecule has 0 heterocycles. The van der Waals surface area contributed by atoms with Crippen molar-refractivity contribution in [3.05, 3.63) is 29.3 Å². The molecule has 1 rings (SSSR count). The van der Waals surface area contributed by atoms with Crippen molar-refractivity contribution in [3.8, 4) is 0 Å². The highest BCUT2D eigenvalue weighted by molar-refractivity contribution is 5.86. The second-order valence-electron chi connectivity index (χ2n) is 7.14. The molecule has 0 bridgehead atoms. The van der Waals surface area contributed by atoms with Crippen molar-refractivity contribution >= 4 is 11.8 Å². The Labute approximate surface area is 146 Å². The largest absolute Gasteiger partial charge is 0.444 e. The molecule has 0 radical (unpaired) electrons. The van der Waals surface area contributed by atoms with Crippen molar-refractivity contribution < 1.29 is 27.8 Å². The van der Waals surface area contributed by atoms with Gasteiger partial charge in [-0.05, 0) is 40.2 Å². The van der Waals surface area contributed by atoms with Crippen molar-refractivity contribution in [3.63, 3.8) is 0 Å². The fraction of sp³-hybridized carbons (Fsp3) is 0.611. The number of aryl methyl sites for hydroxylation is 1. The highest BCUT2D eigenvalue weighted by Crippen LogP contribution is 2.45. The normalized spacial score (nSPS) is 14.8. The summed E-state index contributed by atoms with van der Waals surface area (Å²) in [6.07, 6.45) is -5.55. The molecule has 0 spiro atoms. The van der Waals surface area contributed by atoms with E-state index in [4.69, 9.17) is 4.74 Å². The minimum Gasteiger partial charge on any atom is -0.444 e. The number of amides is 1. The molecule has 2 N–H and O–H groups in total. The van der Waals surface area contributed by atoms with Gasteiger partial charge in [0, 0.05) is 5.56 Å². The second-order valence-corrected chi connectivity index (χ2v) is 7.14. The topological polar surface area (TPSA) is 58.6 Å². The first-order valence-electron chi connectivity index (χ1n) is 8.20. The molecule has 0 aliphatic rings. The molecule has 1 aromatic rings.